The lowest BCUT2D eigenvalue weighted by Gasteiger charge is -2.37. The van der Waals surface area contributed by atoms with Crippen molar-refractivity contribution in [1.82, 2.24) is 20.4 Å². The Hall–Kier alpha value is -4.12. The molecule has 4 amide bonds. The summed E-state index contributed by atoms with van der Waals surface area (Å²) < 4.78 is 11.9. The van der Waals surface area contributed by atoms with Crippen LogP contribution in [-0.4, -0.2) is 95.1 Å². The van der Waals surface area contributed by atoms with Gasteiger partial charge < -0.3 is 35.0 Å². The molecule has 0 spiro atoms. The summed E-state index contributed by atoms with van der Waals surface area (Å²) in [7, 11) is 0. The molecular weight excluding hydrogens is 540 g/mol. The molecule has 0 aliphatic carbocycles. The number of para-hydroxylation sites is 1. The van der Waals surface area contributed by atoms with Crippen LogP contribution in [0, 0.1) is 0 Å². The molecule has 2 aromatic rings. The first-order valence-corrected chi connectivity index (χ1v) is 14.5. The topological polar surface area (TPSA) is 138 Å². The molecule has 3 N–H and O–H groups in total. The number of phenolic OH excluding ortho intramolecular Hbond substituents is 1. The van der Waals surface area contributed by atoms with Gasteiger partial charge in [0, 0.05) is 26.1 Å². The van der Waals surface area contributed by atoms with Crippen molar-refractivity contribution < 1.29 is 33.8 Å². The van der Waals surface area contributed by atoms with Gasteiger partial charge >= 0.3 is 0 Å². The highest BCUT2D eigenvalue weighted by atomic mass is 16.5. The minimum atomic E-state index is -1.17. The van der Waals surface area contributed by atoms with Crippen LogP contribution < -0.4 is 15.4 Å². The molecule has 2 saturated heterocycles. The zero-order chi connectivity index (χ0) is 29.8. The van der Waals surface area contributed by atoms with E-state index in [1.54, 1.807) is 46.2 Å². The zero-order valence-corrected chi connectivity index (χ0v) is 24.0. The van der Waals surface area contributed by atoms with Crippen LogP contribution in [0.4, 0.5) is 0 Å². The van der Waals surface area contributed by atoms with Gasteiger partial charge in [-0.25, -0.2) is 0 Å². The Kier molecular flexibility index (Phi) is 8.96. The van der Waals surface area contributed by atoms with Crippen molar-refractivity contribution in [2.75, 3.05) is 26.2 Å². The lowest BCUT2D eigenvalue weighted by molar-refractivity contribution is -0.146. The number of carbonyl (C=O) groups excluding carboxylic acids is 4. The second kappa shape index (κ2) is 12.8. The first kappa shape index (κ1) is 29.4. The number of ether oxygens (including phenoxy) is 2. The number of hydrogen-bond acceptors (Lipinski definition) is 7. The molecule has 2 aromatic carbocycles. The number of nitrogens with zero attached hydrogens (tertiary/aromatic N) is 2. The Morgan fingerprint density at radius 3 is 2.45 bits per heavy atom. The summed E-state index contributed by atoms with van der Waals surface area (Å²) in [4.78, 5) is 58.0. The van der Waals surface area contributed by atoms with Crippen molar-refractivity contribution in [2.45, 2.75) is 69.9 Å². The van der Waals surface area contributed by atoms with Gasteiger partial charge in [0.05, 0.1) is 30.2 Å². The Morgan fingerprint density at radius 2 is 1.71 bits per heavy atom. The van der Waals surface area contributed by atoms with Crippen LogP contribution in [0.2, 0.25) is 0 Å². The second-order valence-corrected chi connectivity index (χ2v) is 11.4. The molecule has 3 aliphatic rings. The van der Waals surface area contributed by atoms with E-state index in [0.717, 1.165) is 18.4 Å². The molecular formula is C31H38N4O7. The van der Waals surface area contributed by atoms with E-state index >= 15 is 0 Å². The van der Waals surface area contributed by atoms with Gasteiger partial charge in [-0.1, -0.05) is 24.3 Å². The van der Waals surface area contributed by atoms with E-state index < -0.39 is 29.8 Å². The SMILES string of the molecule is C[C@@H]1CN(C(=O)[C@@H]2CC(=O)N[C@@H](Cc3ccc(O)cc3)C(=O)N3CCC[C@@H]3COc3ccccc3C(=O)N2)C[C@H](C)O1. The molecule has 0 bridgehead atoms. The first-order valence-electron chi connectivity index (χ1n) is 14.5. The Labute approximate surface area is 245 Å². The molecule has 3 heterocycles. The summed E-state index contributed by atoms with van der Waals surface area (Å²) in [6.45, 7) is 5.10. The van der Waals surface area contributed by atoms with E-state index in [9.17, 15) is 24.3 Å². The van der Waals surface area contributed by atoms with E-state index in [2.05, 4.69) is 10.6 Å². The summed E-state index contributed by atoms with van der Waals surface area (Å²) in [5.41, 5.74) is 1.00. The molecule has 5 rings (SSSR count). The van der Waals surface area contributed by atoms with E-state index in [-0.39, 0.29) is 54.9 Å². The van der Waals surface area contributed by atoms with Gasteiger partial charge in [-0.15, -0.1) is 0 Å². The van der Waals surface area contributed by atoms with Crippen LogP contribution in [-0.2, 0) is 25.5 Å². The number of nitrogens with one attached hydrogen (secondary N) is 2. The van der Waals surface area contributed by atoms with Crippen molar-refractivity contribution >= 4 is 23.6 Å². The highest BCUT2D eigenvalue weighted by Crippen LogP contribution is 2.24. The molecule has 0 saturated carbocycles. The van der Waals surface area contributed by atoms with Crippen LogP contribution in [0.25, 0.3) is 0 Å². The third-order valence-electron chi connectivity index (χ3n) is 7.96. The van der Waals surface area contributed by atoms with Gasteiger partial charge in [-0.05, 0) is 56.5 Å². The summed E-state index contributed by atoms with van der Waals surface area (Å²) in [5, 5.41) is 15.3. The highest BCUT2D eigenvalue weighted by Gasteiger charge is 2.37. The van der Waals surface area contributed by atoms with Crippen LogP contribution >= 0.6 is 0 Å². The first-order chi connectivity index (χ1) is 20.2. The van der Waals surface area contributed by atoms with Crippen molar-refractivity contribution in [1.29, 1.82) is 0 Å². The average molecular weight is 579 g/mol. The third kappa shape index (κ3) is 6.84. The molecule has 5 atom stereocenters. The van der Waals surface area contributed by atoms with Crippen molar-refractivity contribution in [3.05, 3.63) is 59.7 Å². The maximum atomic E-state index is 13.9. The summed E-state index contributed by atoms with van der Waals surface area (Å²) in [6.07, 6.45) is 0.963. The Balaban J connectivity index is 1.47. The fourth-order valence-corrected chi connectivity index (χ4v) is 5.99. The van der Waals surface area contributed by atoms with E-state index in [0.29, 0.717) is 25.4 Å². The quantitative estimate of drug-likeness (QED) is 0.504. The average Bonchev–Trinajstić information content (AvgIpc) is 3.43. The number of phenols is 1. The molecule has 2 fully saturated rings. The van der Waals surface area contributed by atoms with Gasteiger partial charge in [-0.3, -0.25) is 19.2 Å². The van der Waals surface area contributed by atoms with Crippen LogP contribution in [0.1, 0.15) is 49.0 Å². The lowest BCUT2D eigenvalue weighted by Crippen LogP contribution is -2.57. The minimum Gasteiger partial charge on any atom is -0.508 e. The fraction of sp³-hybridized carbons (Fsp3) is 0.484. The van der Waals surface area contributed by atoms with E-state index in [1.807, 2.05) is 13.8 Å². The molecule has 3 aliphatic heterocycles. The predicted octanol–water partition coefficient (Wildman–Crippen LogP) is 1.63. The van der Waals surface area contributed by atoms with Gasteiger partial charge in [0.2, 0.25) is 17.7 Å². The summed E-state index contributed by atoms with van der Waals surface area (Å²) in [5.74, 6) is -1.25. The Morgan fingerprint density at radius 1 is 1.00 bits per heavy atom. The lowest BCUT2D eigenvalue weighted by atomic mass is 10.0. The van der Waals surface area contributed by atoms with Crippen LogP contribution in [0.15, 0.2) is 48.5 Å². The van der Waals surface area contributed by atoms with Crippen molar-refractivity contribution in [3.63, 3.8) is 0 Å². The smallest absolute Gasteiger partial charge is 0.255 e. The molecule has 42 heavy (non-hydrogen) atoms. The monoisotopic (exact) mass is 578 g/mol. The number of amides is 4. The number of benzene rings is 2. The van der Waals surface area contributed by atoms with Crippen LogP contribution in [0.5, 0.6) is 11.5 Å². The highest BCUT2D eigenvalue weighted by molar-refractivity contribution is 6.01. The summed E-state index contributed by atoms with van der Waals surface area (Å²) >= 11 is 0. The molecule has 224 valence electrons. The normalized spacial score (nSPS) is 27.2. The third-order valence-corrected chi connectivity index (χ3v) is 7.96. The summed E-state index contributed by atoms with van der Waals surface area (Å²) in [6, 6.07) is 10.9. The van der Waals surface area contributed by atoms with E-state index in [4.69, 9.17) is 9.47 Å². The standard InChI is InChI=1S/C31H38N4O7/c1-19-16-34(17-20(2)42-19)30(39)26-15-28(37)32-25(14-21-9-11-23(36)12-10-21)31(40)35-13-5-6-22(35)18-41-27-8-4-3-7-24(27)29(38)33-26/h3-4,7-12,19-20,22,25-26,36H,5-6,13-18H2,1-2H3,(H,32,37)(H,33,38)/t19-,20+,22-,25+,26+/m1/s1. The number of fused-ring (bicyclic) bond motifs is 2. The second-order valence-electron chi connectivity index (χ2n) is 11.4. The number of aromatic hydroxyl groups is 1. The maximum Gasteiger partial charge on any atom is 0.255 e. The molecule has 0 aromatic heterocycles. The largest absolute Gasteiger partial charge is 0.508 e. The van der Waals surface area contributed by atoms with Gasteiger partial charge in [0.1, 0.15) is 30.2 Å². The minimum absolute atomic E-state index is 0.0981. The van der Waals surface area contributed by atoms with Crippen molar-refractivity contribution in [2.24, 2.45) is 0 Å². The van der Waals surface area contributed by atoms with Gasteiger partial charge in [-0.2, -0.15) is 0 Å². The zero-order valence-electron chi connectivity index (χ0n) is 24.0. The molecule has 11 heteroatoms. The fourth-order valence-electron chi connectivity index (χ4n) is 5.99. The van der Waals surface area contributed by atoms with Gasteiger partial charge in [0.25, 0.3) is 5.91 Å². The Bertz CT molecular complexity index is 1310. The maximum absolute atomic E-state index is 13.9. The number of morpholine rings is 1. The molecule has 0 radical (unpaired) electrons. The molecule has 0 unspecified atom stereocenters. The molecule has 11 nitrogen and oxygen atoms in total. The number of carbonyl (C=O) groups is 4. The van der Waals surface area contributed by atoms with Crippen LogP contribution in [0.3, 0.4) is 0 Å². The number of hydrogen-bond donors (Lipinski definition) is 3. The van der Waals surface area contributed by atoms with Gasteiger partial charge in [0.15, 0.2) is 0 Å². The van der Waals surface area contributed by atoms with E-state index in [1.165, 1.54) is 12.1 Å². The van der Waals surface area contributed by atoms with Crippen molar-refractivity contribution in [3.8, 4) is 11.5 Å². The number of rotatable bonds is 3. The predicted molar refractivity (Wildman–Crippen MR) is 153 cm³/mol.